The van der Waals surface area contributed by atoms with Gasteiger partial charge in [-0.1, -0.05) is 117 Å². The molecule has 4 N–H and O–H groups in total. The van der Waals surface area contributed by atoms with Gasteiger partial charge in [-0.05, 0) is 175 Å². The molecule has 7 aromatic carbocycles. The maximum atomic E-state index is 13.7. The van der Waals surface area contributed by atoms with Crippen molar-refractivity contribution in [2.24, 2.45) is 11.5 Å². The van der Waals surface area contributed by atoms with Gasteiger partial charge in [-0.25, -0.2) is 4.39 Å². The van der Waals surface area contributed by atoms with Gasteiger partial charge in [0.25, 0.3) is 0 Å². The zero-order valence-electron chi connectivity index (χ0n) is 67.7. The SMILES string of the molecule is CC1(C)COc2ccc(Br)c3c2B(OC3CN)O1.CCC1OB2OC(C)(C)COc3ccc(Cl)c1c32.CCC1OB2OC(C)COc3ccc(Br)c1c32.CCC1OB2OC(C)COc3ccc(Cl)c1c32.CCC1OB2OCCOc3ccc(Br)c1c32.CCC1OB2OCCOc3ccc(Cl)c1c32.NCC1OB2OCCOc3ccc(F)c1c32. The zero-order valence-corrected chi connectivity index (χ0v) is 74.7. The summed E-state index contributed by atoms with van der Waals surface area (Å²) in [6, 6.07) is 26.2. The molecule has 0 spiro atoms. The van der Waals surface area contributed by atoms with Gasteiger partial charge in [-0.2, -0.15) is 0 Å². The van der Waals surface area contributed by atoms with Crippen LogP contribution < -0.4 is 82.9 Å². The van der Waals surface area contributed by atoms with E-state index in [4.69, 9.17) is 145 Å². The minimum absolute atomic E-state index is 0.00468. The second kappa shape index (κ2) is 37.9. The van der Waals surface area contributed by atoms with Gasteiger partial charge in [0.15, 0.2) is 0 Å². The number of nitrogens with two attached hydrogens (primary N) is 2. The van der Waals surface area contributed by atoms with Crippen LogP contribution in [0.3, 0.4) is 0 Å². The molecule has 624 valence electrons. The highest BCUT2D eigenvalue weighted by molar-refractivity contribution is 9.11. The molecule has 0 aliphatic carbocycles. The average molecular weight is 1870 g/mol. The Hall–Kier alpha value is -4.81. The molecule has 14 aliphatic rings. The summed E-state index contributed by atoms with van der Waals surface area (Å²) < 4.78 is 138. The molecule has 9 atom stereocenters. The molecule has 0 bridgehead atoms. The summed E-state index contributed by atoms with van der Waals surface area (Å²) in [5, 5.41) is 2.21. The summed E-state index contributed by atoms with van der Waals surface area (Å²) in [5.74, 6) is 5.47. The summed E-state index contributed by atoms with van der Waals surface area (Å²) >= 11 is 29.5. The number of halogens is 7. The van der Waals surface area contributed by atoms with Crippen LogP contribution in [0.25, 0.3) is 0 Å². The third-order valence-electron chi connectivity index (χ3n) is 22.1. The molecular weight excluding hydrogens is 1780 g/mol. The molecule has 7 aromatic rings. The number of hydrogen-bond donors (Lipinski definition) is 2. The molecule has 23 nitrogen and oxygen atoms in total. The van der Waals surface area contributed by atoms with E-state index < -0.39 is 20.3 Å². The first-order valence-electron chi connectivity index (χ1n) is 40.5. The Morgan fingerprint density at radius 1 is 0.339 bits per heavy atom. The maximum absolute atomic E-state index is 13.7. The maximum Gasteiger partial charge on any atom is 0.499 e. The highest BCUT2D eigenvalue weighted by Crippen LogP contribution is 2.45. The van der Waals surface area contributed by atoms with Crippen molar-refractivity contribution in [1.82, 2.24) is 0 Å². The van der Waals surface area contributed by atoms with Gasteiger partial charge in [-0.3, -0.25) is 0 Å². The normalized spacial score (nSPS) is 24.3. The molecule has 0 amide bonds. The molecular formula is C81H94B7Br3Cl3FN2O21. The molecule has 14 aliphatic heterocycles. The van der Waals surface area contributed by atoms with Crippen LogP contribution >= 0.6 is 82.6 Å². The van der Waals surface area contributed by atoms with Crippen molar-refractivity contribution in [2.75, 3.05) is 79.2 Å². The van der Waals surface area contributed by atoms with E-state index in [1.165, 1.54) is 17.2 Å². The molecule has 0 radical (unpaired) electrons. The van der Waals surface area contributed by atoms with Gasteiger partial charge in [0.05, 0.1) is 86.0 Å². The van der Waals surface area contributed by atoms with Crippen molar-refractivity contribution in [3.8, 4) is 40.2 Å². The summed E-state index contributed by atoms with van der Waals surface area (Å²) in [6.45, 7) is 28.4. The molecule has 37 heteroatoms. The van der Waals surface area contributed by atoms with Gasteiger partial charge >= 0.3 is 49.8 Å². The molecule has 9 unspecified atom stereocenters. The van der Waals surface area contributed by atoms with Crippen molar-refractivity contribution in [3.05, 3.63) is 158 Å². The number of benzene rings is 7. The van der Waals surface area contributed by atoms with Crippen molar-refractivity contribution < 1.29 is 103 Å². The van der Waals surface area contributed by atoms with Gasteiger partial charge < -0.3 is 110 Å². The molecule has 21 rings (SSSR count). The first kappa shape index (κ1) is 88.1. The Morgan fingerprint density at radius 2 is 0.610 bits per heavy atom. The Kier molecular flexibility index (Phi) is 28.3. The fourth-order valence-corrected chi connectivity index (χ4v) is 19.2. The second-order valence-corrected chi connectivity index (χ2v) is 35.1. The predicted octanol–water partition coefficient (Wildman–Crippen LogP) is 12.7. The van der Waals surface area contributed by atoms with Crippen molar-refractivity contribution in [2.45, 2.75) is 174 Å². The molecule has 14 heterocycles. The standard InChI is InChI=1S/C13H16BClO3.C12H15BBrNO3.C12H14BBrO3.C12H14BClO3.C11H12BBrO3.C11H12BClO3.C10H11BFNO3/c1-4-9-11-8(15)5-6-10-12(11)14(17-9)18-13(2,3)7-16-10;1-12(2)6-16-8-4-3-7(14)10-9(5-15)17-13(18-12)11(8)10;2*1-3-9-11-8(14)4-5-10-12(11)13(17-9)16-7(2)6-15-10;2*1-2-8-10-7(13)3-4-9-11(10)12(16-8)15-6-5-14-9;12-6-1-2-7-10-9(6)8(5-13)16-11(10)15-4-3-14-7/h5-6,9H,4,7H2,1-3H3;3-4,9H,5-6,15H2,1-2H3;2*4-5,7,9H,3,6H2,1-2H3;2*3-4,8H,2,5-6H2,1H3;1-2,8H,3-5,13H2. The molecule has 118 heavy (non-hydrogen) atoms. The lowest BCUT2D eigenvalue weighted by molar-refractivity contribution is 0.0267. The summed E-state index contributed by atoms with van der Waals surface area (Å²) in [6.07, 6.45) is 4.23. The quantitative estimate of drug-likeness (QED) is 0.141. The van der Waals surface area contributed by atoms with Gasteiger partial charge in [0, 0.05) is 102 Å². The third kappa shape index (κ3) is 18.1. The fraction of sp³-hybridized carbons (Fsp3) is 0.481. The number of hydrogen-bond acceptors (Lipinski definition) is 23. The van der Waals surface area contributed by atoms with Crippen molar-refractivity contribution >= 4 is 171 Å². The van der Waals surface area contributed by atoms with Crippen molar-refractivity contribution in [3.63, 3.8) is 0 Å². The summed E-state index contributed by atoms with van der Waals surface area (Å²) in [4.78, 5) is 0. The van der Waals surface area contributed by atoms with Crippen LogP contribution in [0.2, 0.25) is 15.1 Å². The number of rotatable bonds is 7. The van der Waals surface area contributed by atoms with Crippen LogP contribution in [0.5, 0.6) is 40.2 Å². The minimum Gasteiger partial charge on any atom is -0.492 e. The monoisotopic (exact) mass is 1870 g/mol. The highest BCUT2D eigenvalue weighted by atomic mass is 79.9. The van der Waals surface area contributed by atoms with E-state index in [1.54, 1.807) is 6.07 Å². The van der Waals surface area contributed by atoms with E-state index in [9.17, 15) is 4.39 Å². The lowest BCUT2D eigenvalue weighted by Crippen LogP contribution is -2.40. The topological polar surface area (TPSA) is 246 Å². The zero-order chi connectivity index (χ0) is 83.2. The Bertz CT molecular complexity index is 4460. The summed E-state index contributed by atoms with van der Waals surface area (Å²) in [7, 11) is -2.47. The predicted molar refractivity (Wildman–Crippen MR) is 465 cm³/mol. The Balaban J connectivity index is 0.000000108. The molecule has 0 fully saturated rings. The minimum atomic E-state index is -0.545. The fourth-order valence-electron chi connectivity index (χ4n) is 16.6. The van der Waals surface area contributed by atoms with E-state index in [1.807, 2.05) is 114 Å². The third-order valence-corrected chi connectivity index (χ3v) is 25.1. The lowest BCUT2D eigenvalue weighted by Gasteiger charge is -2.25. The molecule has 0 saturated carbocycles. The Morgan fingerprint density at radius 3 is 1.01 bits per heavy atom. The highest BCUT2D eigenvalue weighted by Gasteiger charge is 2.51. The lowest BCUT2D eigenvalue weighted by atomic mass is 9.77. The second-order valence-electron chi connectivity index (χ2n) is 31.3. The van der Waals surface area contributed by atoms with Crippen LogP contribution in [-0.4, -0.2) is 152 Å². The first-order chi connectivity index (χ1) is 56.9. The van der Waals surface area contributed by atoms with E-state index in [0.717, 1.165) is 150 Å². The molecule has 0 saturated heterocycles. The van der Waals surface area contributed by atoms with Crippen LogP contribution in [-0.2, 0) is 65.2 Å². The molecule has 0 aromatic heterocycles. The van der Waals surface area contributed by atoms with Gasteiger partial charge in [0.1, 0.15) is 92.3 Å². The average Bonchev–Trinajstić information content (AvgIpc) is 1.61. The summed E-state index contributed by atoms with van der Waals surface area (Å²) in [5.41, 5.74) is 24.3. The van der Waals surface area contributed by atoms with Gasteiger partial charge in [0.2, 0.25) is 0 Å². The van der Waals surface area contributed by atoms with E-state index in [-0.39, 0.29) is 108 Å². The van der Waals surface area contributed by atoms with E-state index in [0.29, 0.717) is 89.4 Å². The van der Waals surface area contributed by atoms with Crippen molar-refractivity contribution in [1.29, 1.82) is 0 Å². The largest absolute Gasteiger partial charge is 0.499 e. The smallest absolute Gasteiger partial charge is 0.492 e. The van der Waals surface area contributed by atoms with E-state index in [2.05, 4.69) is 82.4 Å². The van der Waals surface area contributed by atoms with Gasteiger partial charge in [-0.15, -0.1) is 0 Å². The Labute approximate surface area is 731 Å². The number of ether oxygens (including phenoxy) is 7. The van der Waals surface area contributed by atoms with Crippen LogP contribution in [0.15, 0.2) is 98.3 Å². The van der Waals surface area contributed by atoms with E-state index >= 15 is 0 Å². The van der Waals surface area contributed by atoms with Crippen LogP contribution in [0.1, 0.15) is 190 Å². The van der Waals surface area contributed by atoms with Crippen LogP contribution in [0.4, 0.5) is 4.39 Å². The van der Waals surface area contributed by atoms with Crippen LogP contribution in [0, 0.1) is 5.82 Å². The first-order valence-corrected chi connectivity index (χ1v) is 44.0.